The average molecular weight is 275 g/mol. The summed E-state index contributed by atoms with van der Waals surface area (Å²) in [5.74, 6) is 0.808. The van der Waals surface area contributed by atoms with Gasteiger partial charge in [0.15, 0.2) is 0 Å². The first kappa shape index (κ1) is 11.8. The van der Waals surface area contributed by atoms with Gasteiger partial charge < -0.3 is 5.32 Å². The first-order chi connectivity index (χ1) is 10.3. The maximum atomic E-state index is 4.36. The predicted octanol–water partition coefficient (Wildman–Crippen LogP) is 3.56. The Kier molecular flexibility index (Phi) is 2.57. The van der Waals surface area contributed by atoms with Crippen molar-refractivity contribution in [2.24, 2.45) is 0 Å². The normalized spacial score (nSPS) is 11.1. The van der Waals surface area contributed by atoms with E-state index in [2.05, 4.69) is 44.5 Å². The van der Waals surface area contributed by atoms with Crippen molar-refractivity contribution < 1.29 is 0 Å². The lowest BCUT2D eigenvalue weighted by atomic mass is 10.1. The van der Waals surface area contributed by atoms with Gasteiger partial charge in [0.1, 0.15) is 12.1 Å². The Labute approximate surface area is 121 Å². The minimum Gasteiger partial charge on any atom is -0.340 e. The van der Waals surface area contributed by atoms with Gasteiger partial charge in [0.05, 0.1) is 17.2 Å². The van der Waals surface area contributed by atoms with Crippen LogP contribution in [0.4, 0.5) is 11.5 Å². The van der Waals surface area contributed by atoms with Crippen molar-refractivity contribution in [1.82, 2.24) is 20.2 Å². The van der Waals surface area contributed by atoms with Gasteiger partial charge in [0.2, 0.25) is 0 Å². The molecular formula is C16H13N5. The first-order valence-electron chi connectivity index (χ1n) is 6.71. The van der Waals surface area contributed by atoms with Gasteiger partial charge in [-0.3, -0.25) is 5.10 Å². The first-order valence-corrected chi connectivity index (χ1v) is 6.71. The fourth-order valence-electron chi connectivity index (χ4n) is 2.42. The standard InChI is InChI=1S/C16H13N5/c1-10-2-5-14-13(6-10)16(18-9-17-14)20-12-4-3-11-8-19-21-15(11)7-12/h2-9H,1H3,(H,19,21)(H,17,18,20). The van der Waals surface area contributed by atoms with Crippen LogP contribution < -0.4 is 5.32 Å². The number of benzene rings is 2. The summed E-state index contributed by atoms with van der Waals surface area (Å²) in [6.45, 7) is 2.06. The Bertz CT molecular complexity index is 942. The molecule has 2 N–H and O–H groups in total. The molecule has 0 saturated heterocycles. The fraction of sp³-hybridized carbons (Fsp3) is 0.0625. The molecule has 0 radical (unpaired) electrons. The van der Waals surface area contributed by atoms with Crippen LogP contribution in [0.5, 0.6) is 0 Å². The topological polar surface area (TPSA) is 66.5 Å². The molecule has 4 aromatic rings. The van der Waals surface area contributed by atoms with Crippen LogP contribution in [0.25, 0.3) is 21.8 Å². The van der Waals surface area contributed by atoms with E-state index in [1.807, 2.05) is 30.5 Å². The van der Waals surface area contributed by atoms with E-state index in [1.165, 1.54) is 5.56 Å². The Morgan fingerprint density at radius 2 is 2.00 bits per heavy atom. The Morgan fingerprint density at radius 3 is 2.95 bits per heavy atom. The van der Waals surface area contributed by atoms with Crippen LogP contribution in [0.1, 0.15) is 5.56 Å². The van der Waals surface area contributed by atoms with Crippen molar-refractivity contribution in [3.05, 3.63) is 54.5 Å². The van der Waals surface area contributed by atoms with Crippen molar-refractivity contribution >= 4 is 33.3 Å². The van der Waals surface area contributed by atoms with Crippen molar-refractivity contribution in [2.75, 3.05) is 5.32 Å². The number of hydrogen-bond acceptors (Lipinski definition) is 4. The van der Waals surface area contributed by atoms with Crippen LogP contribution >= 0.6 is 0 Å². The smallest absolute Gasteiger partial charge is 0.141 e. The Balaban J connectivity index is 1.81. The molecule has 21 heavy (non-hydrogen) atoms. The fourth-order valence-corrected chi connectivity index (χ4v) is 2.42. The van der Waals surface area contributed by atoms with Crippen molar-refractivity contribution in [3.8, 4) is 0 Å². The molecule has 2 aromatic carbocycles. The highest BCUT2D eigenvalue weighted by molar-refractivity contribution is 5.92. The molecule has 0 spiro atoms. The number of H-pyrrole nitrogens is 1. The maximum absolute atomic E-state index is 4.36. The number of aromatic nitrogens is 4. The zero-order valence-electron chi connectivity index (χ0n) is 11.5. The number of fused-ring (bicyclic) bond motifs is 2. The molecule has 2 aromatic heterocycles. The molecule has 0 saturated carbocycles. The zero-order chi connectivity index (χ0) is 14.2. The second kappa shape index (κ2) is 4.56. The van der Waals surface area contributed by atoms with Crippen molar-refractivity contribution in [2.45, 2.75) is 6.92 Å². The summed E-state index contributed by atoms with van der Waals surface area (Å²) < 4.78 is 0. The van der Waals surface area contributed by atoms with E-state index >= 15 is 0 Å². The molecule has 0 aliphatic rings. The lowest BCUT2D eigenvalue weighted by molar-refractivity contribution is 1.12. The van der Waals surface area contributed by atoms with E-state index in [4.69, 9.17) is 0 Å². The second-order valence-electron chi connectivity index (χ2n) is 5.04. The number of aryl methyl sites for hydroxylation is 1. The molecule has 5 nitrogen and oxygen atoms in total. The van der Waals surface area contributed by atoms with E-state index < -0.39 is 0 Å². The summed E-state index contributed by atoms with van der Waals surface area (Å²) >= 11 is 0. The van der Waals surface area contributed by atoms with Crippen LogP contribution in [0.15, 0.2) is 48.9 Å². The highest BCUT2D eigenvalue weighted by Crippen LogP contribution is 2.25. The van der Waals surface area contributed by atoms with E-state index in [1.54, 1.807) is 6.33 Å². The van der Waals surface area contributed by atoms with E-state index in [-0.39, 0.29) is 0 Å². The second-order valence-corrected chi connectivity index (χ2v) is 5.04. The third kappa shape index (κ3) is 2.08. The van der Waals surface area contributed by atoms with Crippen molar-refractivity contribution in [3.63, 3.8) is 0 Å². The van der Waals surface area contributed by atoms with Gasteiger partial charge in [-0.1, -0.05) is 11.6 Å². The monoisotopic (exact) mass is 275 g/mol. The average Bonchev–Trinajstić information content (AvgIpc) is 2.95. The van der Waals surface area contributed by atoms with Crippen LogP contribution in [0.3, 0.4) is 0 Å². The number of rotatable bonds is 2. The van der Waals surface area contributed by atoms with Gasteiger partial charge >= 0.3 is 0 Å². The molecule has 5 heteroatoms. The number of hydrogen-bond donors (Lipinski definition) is 2. The van der Waals surface area contributed by atoms with E-state index in [0.717, 1.165) is 33.3 Å². The number of aromatic amines is 1. The molecule has 0 unspecified atom stereocenters. The minimum absolute atomic E-state index is 0.808. The quantitative estimate of drug-likeness (QED) is 0.587. The van der Waals surface area contributed by atoms with Gasteiger partial charge in [0, 0.05) is 16.5 Å². The molecule has 0 atom stereocenters. The summed E-state index contributed by atoms with van der Waals surface area (Å²) in [5.41, 5.74) is 4.08. The molecule has 4 rings (SSSR count). The third-order valence-corrected chi connectivity index (χ3v) is 3.50. The lowest BCUT2D eigenvalue weighted by Gasteiger charge is -2.09. The third-order valence-electron chi connectivity index (χ3n) is 3.50. The number of nitrogens with one attached hydrogen (secondary N) is 2. The highest BCUT2D eigenvalue weighted by atomic mass is 15.1. The minimum atomic E-state index is 0.808. The van der Waals surface area contributed by atoms with Crippen LogP contribution in [-0.2, 0) is 0 Å². The van der Waals surface area contributed by atoms with Gasteiger partial charge in [-0.05, 0) is 37.3 Å². The molecule has 0 amide bonds. The van der Waals surface area contributed by atoms with E-state index in [0.29, 0.717) is 0 Å². The van der Waals surface area contributed by atoms with Crippen LogP contribution in [0, 0.1) is 6.92 Å². The summed E-state index contributed by atoms with van der Waals surface area (Å²) in [5, 5.41) is 12.5. The molecule has 0 fully saturated rings. The van der Waals surface area contributed by atoms with Crippen molar-refractivity contribution in [1.29, 1.82) is 0 Å². The lowest BCUT2D eigenvalue weighted by Crippen LogP contribution is -1.96. The summed E-state index contributed by atoms with van der Waals surface area (Å²) in [6.07, 6.45) is 3.39. The molecule has 102 valence electrons. The SMILES string of the molecule is Cc1ccc2ncnc(Nc3ccc4cn[nH]c4c3)c2c1. The van der Waals surface area contributed by atoms with Gasteiger partial charge in [0.25, 0.3) is 0 Å². The maximum Gasteiger partial charge on any atom is 0.141 e. The van der Waals surface area contributed by atoms with E-state index in [9.17, 15) is 0 Å². The largest absolute Gasteiger partial charge is 0.340 e. The number of anilines is 2. The Hall–Kier alpha value is -2.95. The van der Waals surface area contributed by atoms with Gasteiger partial charge in [-0.2, -0.15) is 5.10 Å². The number of nitrogens with zero attached hydrogens (tertiary/aromatic N) is 3. The van der Waals surface area contributed by atoms with Gasteiger partial charge in [-0.25, -0.2) is 9.97 Å². The Morgan fingerprint density at radius 1 is 1.05 bits per heavy atom. The van der Waals surface area contributed by atoms with Gasteiger partial charge in [-0.15, -0.1) is 0 Å². The molecule has 0 aliphatic heterocycles. The predicted molar refractivity (Wildman–Crippen MR) is 83.7 cm³/mol. The summed E-state index contributed by atoms with van der Waals surface area (Å²) in [6, 6.07) is 12.2. The highest BCUT2D eigenvalue weighted by Gasteiger charge is 2.05. The van der Waals surface area contributed by atoms with Crippen LogP contribution in [0.2, 0.25) is 0 Å². The summed E-state index contributed by atoms with van der Waals surface area (Å²) in [7, 11) is 0. The zero-order valence-corrected chi connectivity index (χ0v) is 11.5. The molecule has 2 heterocycles. The van der Waals surface area contributed by atoms with Crippen LogP contribution in [-0.4, -0.2) is 20.2 Å². The molecule has 0 aliphatic carbocycles. The summed E-state index contributed by atoms with van der Waals surface area (Å²) in [4.78, 5) is 8.66. The molecular weight excluding hydrogens is 262 g/mol. The molecule has 0 bridgehead atoms.